The monoisotopic (exact) mass is 233 g/mol. The number of benzene rings is 1. The third-order valence-electron chi connectivity index (χ3n) is 2.96. The van der Waals surface area contributed by atoms with Crippen molar-refractivity contribution in [1.29, 1.82) is 0 Å². The Labute approximate surface area is 100 Å². The lowest BCUT2D eigenvalue weighted by atomic mass is 9.94. The van der Waals surface area contributed by atoms with Crippen LogP contribution in [-0.4, -0.2) is 30.4 Å². The number of amides is 1. The minimum Gasteiger partial charge on any atom is -0.453 e. The van der Waals surface area contributed by atoms with Crippen LogP contribution in [0.3, 0.4) is 0 Å². The molecule has 1 amide bonds. The molecule has 1 aromatic rings. The maximum Gasteiger partial charge on any atom is 0.410 e. The topological polar surface area (TPSA) is 46.6 Å². The highest BCUT2D eigenvalue weighted by molar-refractivity contribution is 5.89. The zero-order chi connectivity index (χ0) is 12.3. The van der Waals surface area contributed by atoms with Gasteiger partial charge in [-0.2, -0.15) is 0 Å². The van der Waals surface area contributed by atoms with Crippen LogP contribution in [0.2, 0.25) is 0 Å². The SMILES string of the molecule is COC(=O)N1CCCC(=O)C1c1ccccc1. The van der Waals surface area contributed by atoms with Crippen molar-refractivity contribution in [3.05, 3.63) is 35.9 Å². The van der Waals surface area contributed by atoms with E-state index in [4.69, 9.17) is 4.74 Å². The molecule has 1 unspecified atom stereocenters. The summed E-state index contributed by atoms with van der Waals surface area (Å²) < 4.78 is 4.72. The van der Waals surface area contributed by atoms with Crippen molar-refractivity contribution in [2.75, 3.05) is 13.7 Å². The summed E-state index contributed by atoms with van der Waals surface area (Å²) in [4.78, 5) is 25.1. The van der Waals surface area contributed by atoms with E-state index in [1.807, 2.05) is 30.3 Å². The van der Waals surface area contributed by atoms with Crippen LogP contribution in [0.1, 0.15) is 24.4 Å². The first-order valence-corrected chi connectivity index (χ1v) is 5.66. The van der Waals surface area contributed by atoms with Crippen LogP contribution < -0.4 is 0 Å². The van der Waals surface area contributed by atoms with Gasteiger partial charge in [0.2, 0.25) is 0 Å². The molecule has 0 aromatic heterocycles. The van der Waals surface area contributed by atoms with Crippen LogP contribution in [-0.2, 0) is 9.53 Å². The van der Waals surface area contributed by atoms with E-state index in [-0.39, 0.29) is 5.78 Å². The molecule has 0 aliphatic carbocycles. The third kappa shape index (κ3) is 2.30. The zero-order valence-corrected chi connectivity index (χ0v) is 9.76. The van der Waals surface area contributed by atoms with E-state index >= 15 is 0 Å². The van der Waals surface area contributed by atoms with Crippen LogP contribution in [0.15, 0.2) is 30.3 Å². The minimum atomic E-state index is -0.489. The molecule has 2 rings (SSSR count). The fraction of sp³-hybridized carbons (Fsp3) is 0.385. The lowest BCUT2D eigenvalue weighted by molar-refractivity contribution is -0.126. The predicted octanol–water partition coefficient (Wildman–Crippen LogP) is 2.16. The Hall–Kier alpha value is -1.84. The van der Waals surface area contributed by atoms with Crippen molar-refractivity contribution in [3.8, 4) is 0 Å². The minimum absolute atomic E-state index is 0.0767. The van der Waals surface area contributed by atoms with Gasteiger partial charge in [0, 0.05) is 13.0 Å². The number of Topliss-reactive ketones (excluding diaryl/α,β-unsaturated/α-hetero) is 1. The van der Waals surface area contributed by atoms with Crippen LogP contribution in [0.25, 0.3) is 0 Å². The number of piperidine rings is 1. The molecule has 1 saturated heterocycles. The van der Waals surface area contributed by atoms with Gasteiger partial charge >= 0.3 is 6.09 Å². The molecule has 1 aliphatic heterocycles. The molecule has 1 fully saturated rings. The summed E-state index contributed by atoms with van der Waals surface area (Å²) in [5.41, 5.74) is 0.850. The standard InChI is InChI=1S/C13H15NO3/c1-17-13(16)14-9-5-8-11(15)12(14)10-6-3-2-4-7-10/h2-4,6-7,12H,5,8-9H2,1H3. The van der Waals surface area contributed by atoms with Crippen molar-refractivity contribution in [3.63, 3.8) is 0 Å². The molecule has 4 heteroatoms. The normalized spacial score (nSPS) is 20.2. The van der Waals surface area contributed by atoms with Crippen LogP contribution in [0.4, 0.5) is 4.79 Å². The maximum atomic E-state index is 12.0. The Morgan fingerprint density at radius 3 is 2.71 bits per heavy atom. The van der Waals surface area contributed by atoms with Gasteiger partial charge in [-0.15, -0.1) is 0 Å². The number of ketones is 1. The van der Waals surface area contributed by atoms with E-state index in [2.05, 4.69) is 0 Å². The quantitative estimate of drug-likeness (QED) is 0.746. The number of likely N-dealkylation sites (tertiary alicyclic amines) is 1. The number of hydrogen-bond acceptors (Lipinski definition) is 3. The first-order valence-electron chi connectivity index (χ1n) is 5.66. The Bertz CT molecular complexity index is 416. The summed E-state index contributed by atoms with van der Waals surface area (Å²) in [6, 6.07) is 8.86. The van der Waals surface area contributed by atoms with E-state index in [0.29, 0.717) is 19.4 Å². The largest absolute Gasteiger partial charge is 0.453 e. The second-order valence-corrected chi connectivity index (χ2v) is 4.05. The first kappa shape index (κ1) is 11.6. The molecule has 4 nitrogen and oxygen atoms in total. The predicted molar refractivity (Wildman–Crippen MR) is 62.5 cm³/mol. The zero-order valence-electron chi connectivity index (χ0n) is 9.76. The lowest BCUT2D eigenvalue weighted by Gasteiger charge is -2.33. The van der Waals surface area contributed by atoms with Gasteiger partial charge in [-0.1, -0.05) is 30.3 Å². The summed E-state index contributed by atoms with van der Waals surface area (Å²) in [7, 11) is 1.34. The number of carbonyl (C=O) groups is 2. The highest BCUT2D eigenvalue weighted by Gasteiger charge is 2.34. The number of rotatable bonds is 1. The molecule has 0 bridgehead atoms. The van der Waals surface area contributed by atoms with Crippen molar-refractivity contribution >= 4 is 11.9 Å². The maximum absolute atomic E-state index is 12.0. The Balaban J connectivity index is 2.31. The van der Waals surface area contributed by atoms with E-state index in [0.717, 1.165) is 5.56 Å². The number of ether oxygens (including phenoxy) is 1. The van der Waals surface area contributed by atoms with Gasteiger partial charge in [0.05, 0.1) is 7.11 Å². The Morgan fingerprint density at radius 2 is 2.06 bits per heavy atom. The molecule has 1 aliphatic rings. The molecule has 1 heterocycles. The molecule has 0 N–H and O–H groups in total. The molecule has 90 valence electrons. The molecule has 17 heavy (non-hydrogen) atoms. The highest BCUT2D eigenvalue weighted by atomic mass is 16.5. The third-order valence-corrected chi connectivity index (χ3v) is 2.96. The van der Waals surface area contributed by atoms with Gasteiger partial charge < -0.3 is 4.74 Å². The van der Waals surface area contributed by atoms with E-state index < -0.39 is 12.1 Å². The van der Waals surface area contributed by atoms with Crippen molar-refractivity contribution < 1.29 is 14.3 Å². The van der Waals surface area contributed by atoms with Crippen molar-refractivity contribution in [2.45, 2.75) is 18.9 Å². The van der Waals surface area contributed by atoms with Gasteiger partial charge in [0.15, 0.2) is 5.78 Å². The molecular weight excluding hydrogens is 218 g/mol. The molecule has 1 aromatic carbocycles. The van der Waals surface area contributed by atoms with E-state index in [9.17, 15) is 9.59 Å². The van der Waals surface area contributed by atoms with Crippen molar-refractivity contribution in [2.24, 2.45) is 0 Å². The summed E-state index contributed by atoms with van der Waals surface area (Å²) in [6.07, 6.45) is 0.788. The van der Waals surface area contributed by atoms with Gasteiger partial charge in [-0.3, -0.25) is 9.69 Å². The number of carbonyl (C=O) groups excluding carboxylic acids is 2. The molecule has 0 saturated carbocycles. The molecule has 1 atom stereocenters. The number of methoxy groups -OCH3 is 1. The Kier molecular flexibility index (Phi) is 3.42. The lowest BCUT2D eigenvalue weighted by Crippen LogP contribution is -2.43. The van der Waals surface area contributed by atoms with Gasteiger partial charge in [0.25, 0.3) is 0 Å². The summed E-state index contributed by atoms with van der Waals surface area (Å²) in [5, 5.41) is 0. The summed E-state index contributed by atoms with van der Waals surface area (Å²) >= 11 is 0. The summed E-state index contributed by atoms with van der Waals surface area (Å²) in [5.74, 6) is 0.0767. The number of nitrogens with zero attached hydrogens (tertiary/aromatic N) is 1. The second-order valence-electron chi connectivity index (χ2n) is 4.05. The average Bonchev–Trinajstić information content (AvgIpc) is 2.38. The fourth-order valence-electron chi connectivity index (χ4n) is 2.18. The number of hydrogen-bond donors (Lipinski definition) is 0. The summed E-state index contributed by atoms with van der Waals surface area (Å²) in [6.45, 7) is 0.567. The molecule has 0 radical (unpaired) electrons. The Morgan fingerprint density at radius 1 is 1.35 bits per heavy atom. The van der Waals surface area contributed by atoms with Gasteiger partial charge in [0.1, 0.15) is 6.04 Å². The average molecular weight is 233 g/mol. The van der Waals surface area contributed by atoms with Crippen LogP contribution in [0, 0.1) is 0 Å². The van der Waals surface area contributed by atoms with Crippen molar-refractivity contribution in [1.82, 2.24) is 4.90 Å². The fourth-order valence-corrected chi connectivity index (χ4v) is 2.18. The van der Waals surface area contributed by atoms with Gasteiger partial charge in [-0.25, -0.2) is 4.79 Å². The van der Waals surface area contributed by atoms with Gasteiger partial charge in [-0.05, 0) is 12.0 Å². The van der Waals surface area contributed by atoms with E-state index in [1.165, 1.54) is 12.0 Å². The second kappa shape index (κ2) is 4.99. The first-order chi connectivity index (χ1) is 8.24. The smallest absolute Gasteiger partial charge is 0.410 e. The van der Waals surface area contributed by atoms with E-state index in [1.54, 1.807) is 0 Å². The van der Waals surface area contributed by atoms with Crippen LogP contribution in [0.5, 0.6) is 0 Å². The highest BCUT2D eigenvalue weighted by Crippen LogP contribution is 2.28. The molecule has 0 spiro atoms. The van der Waals surface area contributed by atoms with Crippen LogP contribution >= 0.6 is 0 Å². The molecular formula is C13H15NO3.